The first-order chi connectivity index (χ1) is 14.9. The third kappa shape index (κ3) is 5.48. The van der Waals surface area contributed by atoms with E-state index in [9.17, 15) is 14.0 Å². The third-order valence-corrected chi connectivity index (χ3v) is 4.42. The van der Waals surface area contributed by atoms with Crippen LogP contribution in [0.4, 0.5) is 10.1 Å². The highest BCUT2D eigenvalue weighted by molar-refractivity contribution is 6.05. The Morgan fingerprint density at radius 2 is 1.90 bits per heavy atom. The Balaban J connectivity index is 1.78. The van der Waals surface area contributed by atoms with E-state index in [2.05, 4.69) is 10.4 Å². The van der Waals surface area contributed by atoms with Gasteiger partial charge in [-0.05, 0) is 49.2 Å². The summed E-state index contributed by atoms with van der Waals surface area (Å²) in [7, 11) is 0. The van der Waals surface area contributed by atoms with Gasteiger partial charge < -0.3 is 14.8 Å². The monoisotopic (exact) mass is 425 g/mol. The lowest BCUT2D eigenvalue weighted by Crippen LogP contribution is -2.16. The number of nitrogens with one attached hydrogen (secondary N) is 1. The number of halogens is 1. The van der Waals surface area contributed by atoms with E-state index < -0.39 is 5.97 Å². The molecule has 0 radical (unpaired) electrons. The standard InChI is InChI=1S/C23H24FN3O4/c1-4-30-21(28)14-31-19-7-5-6-17(12-19)26-23(29)20-13-25-27(22(20)15(2)3)18-10-8-16(24)9-11-18/h5-13,15H,4,14H2,1-3H3,(H,26,29). The third-order valence-electron chi connectivity index (χ3n) is 4.42. The SMILES string of the molecule is CCOC(=O)COc1cccc(NC(=O)c2cnn(-c3ccc(F)cc3)c2C(C)C)c1. The van der Waals surface area contributed by atoms with Crippen LogP contribution in [-0.4, -0.2) is 34.9 Å². The fourth-order valence-corrected chi connectivity index (χ4v) is 3.08. The van der Waals surface area contributed by atoms with E-state index in [0.717, 1.165) is 0 Å². The minimum Gasteiger partial charge on any atom is -0.482 e. The fraction of sp³-hybridized carbons (Fsp3) is 0.261. The van der Waals surface area contributed by atoms with Gasteiger partial charge in [-0.25, -0.2) is 13.9 Å². The van der Waals surface area contributed by atoms with Gasteiger partial charge in [-0.1, -0.05) is 19.9 Å². The molecule has 2 aromatic carbocycles. The molecule has 0 atom stereocenters. The molecule has 3 aromatic rings. The summed E-state index contributed by atoms with van der Waals surface area (Å²) in [6.45, 7) is 5.70. The van der Waals surface area contributed by atoms with Crippen molar-refractivity contribution in [2.24, 2.45) is 0 Å². The minimum absolute atomic E-state index is 0.00690. The molecule has 8 heteroatoms. The van der Waals surface area contributed by atoms with E-state index in [1.54, 1.807) is 48.0 Å². The van der Waals surface area contributed by atoms with E-state index in [0.29, 0.717) is 28.4 Å². The first-order valence-corrected chi connectivity index (χ1v) is 9.92. The van der Waals surface area contributed by atoms with Gasteiger partial charge in [-0.3, -0.25) is 4.79 Å². The zero-order chi connectivity index (χ0) is 22.4. The molecular weight excluding hydrogens is 401 g/mol. The molecule has 0 aliphatic rings. The van der Waals surface area contributed by atoms with E-state index in [1.807, 2.05) is 13.8 Å². The molecule has 0 aliphatic carbocycles. The highest BCUT2D eigenvalue weighted by Crippen LogP contribution is 2.25. The van der Waals surface area contributed by atoms with Gasteiger partial charge >= 0.3 is 5.97 Å². The summed E-state index contributed by atoms with van der Waals surface area (Å²) in [6.07, 6.45) is 1.50. The Kier molecular flexibility index (Phi) is 7.02. The molecule has 1 heterocycles. The van der Waals surface area contributed by atoms with Gasteiger partial charge in [-0.15, -0.1) is 0 Å². The highest BCUT2D eigenvalue weighted by atomic mass is 19.1. The maximum absolute atomic E-state index is 13.3. The summed E-state index contributed by atoms with van der Waals surface area (Å²) in [4.78, 5) is 24.4. The van der Waals surface area contributed by atoms with Crippen molar-refractivity contribution in [1.29, 1.82) is 0 Å². The predicted molar refractivity (Wildman–Crippen MR) is 114 cm³/mol. The first-order valence-electron chi connectivity index (χ1n) is 9.92. The molecule has 0 fully saturated rings. The zero-order valence-corrected chi connectivity index (χ0v) is 17.6. The van der Waals surface area contributed by atoms with E-state index >= 15 is 0 Å². The van der Waals surface area contributed by atoms with Crippen LogP contribution in [0, 0.1) is 5.82 Å². The molecule has 0 unspecified atom stereocenters. The van der Waals surface area contributed by atoms with Crippen LogP contribution < -0.4 is 10.1 Å². The van der Waals surface area contributed by atoms with Crippen molar-refractivity contribution < 1.29 is 23.5 Å². The topological polar surface area (TPSA) is 82.4 Å². The molecule has 31 heavy (non-hydrogen) atoms. The summed E-state index contributed by atoms with van der Waals surface area (Å²) in [6, 6.07) is 12.7. The van der Waals surface area contributed by atoms with E-state index in [4.69, 9.17) is 9.47 Å². The Morgan fingerprint density at radius 3 is 2.58 bits per heavy atom. The van der Waals surface area contributed by atoms with Gasteiger partial charge in [0.1, 0.15) is 11.6 Å². The minimum atomic E-state index is -0.466. The number of benzene rings is 2. The summed E-state index contributed by atoms with van der Waals surface area (Å²) < 4.78 is 25.2. The van der Waals surface area contributed by atoms with E-state index in [1.165, 1.54) is 18.3 Å². The van der Waals surface area contributed by atoms with Gasteiger partial charge in [0, 0.05) is 11.8 Å². The Bertz CT molecular complexity index is 1060. The van der Waals surface area contributed by atoms with E-state index in [-0.39, 0.29) is 30.9 Å². The second kappa shape index (κ2) is 9.88. The van der Waals surface area contributed by atoms with Crippen LogP contribution in [0.15, 0.2) is 54.7 Å². The maximum Gasteiger partial charge on any atom is 0.344 e. The second-order valence-corrected chi connectivity index (χ2v) is 7.06. The van der Waals surface area contributed by atoms with Crippen LogP contribution >= 0.6 is 0 Å². The largest absolute Gasteiger partial charge is 0.482 e. The average Bonchev–Trinajstić information content (AvgIpc) is 3.19. The summed E-state index contributed by atoms with van der Waals surface area (Å²) in [5.74, 6) is -0.721. The van der Waals surface area contributed by atoms with Crippen LogP contribution in [0.3, 0.4) is 0 Å². The number of esters is 1. The number of anilines is 1. The molecule has 162 valence electrons. The molecule has 0 spiro atoms. The number of carbonyl (C=O) groups excluding carboxylic acids is 2. The smallest absolute Gasteiger partial charge is 0.344 e. The molecule has 1 aromatic heterocycles. The molecule has 1 amide bonds. The Hall–Kier alpha value is -3.68. The van der Waals surface area contributed by atoms with Gasteiger partial charge in [-0.2, -0.15) is 5.10 Å². The first kappa shape index (κ1) is 22.0. The lowest BCUT2D eigenvalue weighted by Gasteiger charge is -2.13. The molecule has 0 aliphatic heterocycles. The van der Waals surface area contributed by atoms with Crippen molar-refractivity contribution in [2.75, 3.05) is 18.5 Å². The number of amides is 1. The molecule has 0 bridgehead atoms. The van der Waals surface area contributed by atoms with Gasteiger partial charge in [0.15, 0.2) is 6.61 Å². The van der Waals surface area contributed by atoms with Crippen molar-refractivity contribution in [3.8, 4) is 11.4 Å². The lowest BCUT2D eigenvalue weighted by atomic mass is 10.0. The average molecular weight is 425 g/mol. The number of hydrogen-bond acceptors (Lipinski definition) is 5. The quantitative estimate of drug-likeness (QED) is 0.543. The highest BCUT2D eigenvalue weighted by Gasteiger charge is 2.21. The Morgan fingerprint density at radius 1 is 1.16 bits per heavy atom. The van der Waals surface area contributed by atoms with Crippen molar-refractivity contribution in [2.45, 2.75) is 26.7 Å². The van der Waals surface area contributed by atoms with Gasteiger partial charge in [0.25, 0.3) is 5.91 Å². The summed E-state index contributed by atoms with van der Waals surface area (Å²) >= 11 is 0. The summed E-state index contributed by atoms with van der Waals surface area (Å²) in [5.41, 5.74) is 2.30. The van der Waals surface area contributed by atoms with Crippen LogP contribution in [0.1, 0.15) is 42.7 Å². The second-order valence-electron chi connectivity index (χ2n) is 7.06. The van der Waals surface area contributed by atoms with Crippen LogP contribution in [0.5, 0.6) is 5.75 Å². The van der Waals surface area contributed by atoms with Crippen molar-refractivity contribution >= 4 is 17.6 Å². The Labute approximate surface area is 179 Å². The number of rotatable bonds is 8. The number of aromatic nitrogens is 2. The van der Waals surface area contributed by atoms with Crippen molar-refractivity contribution in [3.05, 3.63) is 71.8 Å². The van der Waals surface area contributed by atoms with Crippen LogP contribution in [-0.2, 0) is 9.53 Å². The van der Waals surface area contributed by atoms with Crippen molar-refractivity contribution in [3.63, 3.8) is 0 Å². The normalized spacial score (nSPS) is 10.7. The van der Waals surface area contributed by atoms with Crippen LogP contribution in [0.2, 0.25) is 0 Å². The number of hydrogen-bond donors (Lipinski definition) is 1. The molecule has 7 nitrogen and oxygen atoms in total. The maximum atomic E-state index is 13.3. The predicted octanol–water partition coefficient (Wildman–Crippen LogP) is 4.33. The molecule has 1 N–H and O–H groups in total. The number of carbonyl (C=O) groups is 2. The molecule has 0 saturated heterocycles. The van der Waals surface area contributed by atoms with Crippen LogP contribution in [0.25, 0.3) is 5.69 Å². The molecule has 3 rings (SSSR count). The number of ether oxygens (including phenoxy) is 2. The molecule has 0 saturated carbocycles. The van der Waals surface area contributed by atoms with Gasteiger partial charge in [0.05, 0.1) is 29.7 Å². The van der Waals surface area contributed by atoms with Gasteiger partial charge in [0.2, 0.25) is 0 Å². The summed E-state index contributed by atoms with van der Waals surface area (Å²) in [5, 5.41) is 7.17. The fourth-order valence-electron chi connectivity index (χ4n) is 3.08. The number of nitrogens with zero attached hydrogens (tertiary/aromatic N) is 2. The molecular formula is C23H24FN3O4. The zero-order valence-electron chi connectivity index (χ0n) is 17.6. The lowest BCUT2D eigenvalue weighted by molar-refractivity contribution is -0.145. The van der Waals surface area contributed by atoms with Crippen molar-refractivity contribution in [1.82, 2.24) is 9.78 Å².